The van der Waals surface area contributed by atoms with Crippen LogP contribution >= 0.6 is 0 Å². The second-order valence-corrected chi connectivity index (χ2v) is 19.0. The van der Waals surface area contributed by atoms with Crippen LogP contribution in [0.1, 0.15) is 36.3 Å². The van der Waals surface area contributed by atoms with Gasteiger partial charge in [0.1, 0.15) is 5.75 Å². The molecule has 440 valence electrons. The van der Waals surface area contributed by atoms with Gasteiger partial charge in [-0.15, -0.1) is 15.3 Å². The number of rotatable bonds is 18. The fraction of sp³-hybridized carbons (Fsp3) is 0.345. The summed E-state index contributed by atoms with van der Waals surface area (Å²) < 4.78 is 154. The number of nitrogens with one attached hydrogen (secondary N) is 3. The standard InChI is InChI=1S/C20H22F2N4O3.C18H19FN4O3.C17H15F5N4O2/c1-12-10-24-20-14(23-11-13-5-7-28-8-6-13)9-17(25-26(12)20)29-16-4-3-15(27-2)18(21)19(16)22;1-11-7-21-18-15(20-8-12-9-25-10-12)6-17(22-23(11)18)26-13-3-4-16(24-2)14(19)5-13;1-9-8-24-16-10(23-6-5-17(20,21)22)7-13(25-26(9)16)28-12-4-3-11(27-2)14(18)15(12)19/h3-4,9-10,13,23H,5-8,11H2,1-2H3;3-7,12,20H,8-10H2,1-2H3;3-4,7-8,23H,5-6H2,1-2H3. The SMILES string of the molecule is COc1ccc(Oc2cc(NCC3CCOCC3)c3ncc(C)n3n2)c(F)c1F.COc1ccc(Oc2cc(NCC3COC3)c3ncc(C)n3n2)cc1F.COc1ccc(Oc2cc(NCCC(F)(F)F)c3ncc(C)n3n2)c(F)c1F. The summed E-state index contributed by atoms with van der Waals surface area (Å²) in [6, 6.07) is 14.0. The summed E-state index contributed by atoms with van der Waals surface area (Å²) in [7, 11) is 3.88. The number of methoxy groups -OCH3 is 3. The molecule has 0 spiro atoms. The maximum absolute atomic E-state index is 14.3. The normalized spacial score (nSPS) is 13.6. The fourth-order valence-corrected chi connectivity index (χ4v) is 8.47. The van der Waals surface area contributed by atoms with E-state index in [9.17, 15) is 35.1 Å². The van der Waals surface area contributed by atoms with Crippen molar-refractivity contribution in [2.24, 2.45) is 11.8 Å². The Labute approximate surface area is 468 Å². The number of nitrogens with zero attached hydrogens (tertiary/aromatic N) is 9. The number of ether oxygens (including phenoxy) is 8. The van der Waals surface area contributed by atoms with Gasteiger partial charge in [-0.25, -0.2) is 32.9 Å². The van der Waals surface area contributed by atoms with Crippen molar-refractivity contribution in [1.82, 2.24) is 43.8 Å². The molecule has 0 aliphatic carbocycles. The first-order chi connectivity index (χ1) is 39.9. The molecule has 2 saturated heterocycles. The summed E-state index contributed by atoms with van der Waals surface area (Å²) in [5, 5.41) is 22.3. The average Bonchev–Trinajstić information content (AvgIpc) is 4.38. The van der Waals surface area contributed by atoms with Gasteiger partial charge in [-0.05, 0) is 75.9 Å². The highest BCUT2D eigenvalue weighted by Gasteiger charge is 2.27. The number of anilines is 3. The van der Waals surface area contributed by atoms with Gasteiger partial charge in [0, 0.05) is 63.0 Å². The molecule has 0 atom stereocenters. The molecule has 11 rings (SSSR count). The van der Waals surface area contributed by atoms with E-state index in [0.29, 0.717) is 40.5 Å². The van der Waals surface area contributed by atoms with Gasteiger partial charge < -0.3 is 53.8 Å². The topological polar surface area (TPSA) is 200 Å². The molecule has 8 heterocycles. The lowest BCUT2D eigenvalue weighted by Crippen LogP contribution is -2.33. The summed E-state index contributed by atoms with van der Waals surface area (Å²) >= 11 is 0. The zero-order valence-corrected chi connectivity index (χ0v) is 45.5. The molecule has 28 heteroatoms. The maximum atomic E-state index is 14.3. The van der Waals surface area contributed by atoms with Crippen molar-refractivity contribution >= 4 is 34.0 Å². The van der Waals surface area contributed by atoms with Gasteiger partial charge in [0.05, 0.1) is 93.7 Å². The van der Waals surface area contributed by atoms with Crippen molar-refractivity contribution < 1.29 is 73.0 Å². The number of aryl methyl sites for hydroxylation is 3. The van der Waals surface area contributed by atoms with E-state index in [1.54, 1.807) is 46.5 Å². The Kier molecular flexibility index (Phi) is 18.3. The minimum Gasteiger partial charge on any atom is -0.494 e. The van der Waals surface area contributed by atoms with Crippen molar-refractivity contribution in [3.8, 4) is 52.1 Å². The van der Waals surface area contributed by atoms with Gasteiger partial charge in [0.15, 0.2) is 51.5 Å². The molecule has 2 aliphatic rings. The molecule has 0 amide bonds. The van der Waals surface area contributed by atoms with Crippen molar-refractivity contribution in [3.05, 3.63) is 125 Å². The van der Waals surface area contributed by atoms with Crippen molar-refractivity contribution in [1.29, 1.82) is 0 Å². The summed E-state index contributed by atoms with van der Waals surface area (Å²) in [5.74, 6) is -4.69. The minimum atomic E-state index is -4.33. The Morgan fingerprint density at radius 3 is 1.35 bits per heavy atom. The quantitative estimate of drug-likeness (QED) is 0.0684. The third kappa shape index (κ3) is 14.1. The van der Waals surface area contributed by atoms with Crippen molar-refractivity contribution in [2.75, 3.05) is 83.3 Å². The van der Waals surface area contributed by atoms with Crippen LogP contribution in [0.4, 0.5) is 52.2 Å². The highest BCUT2D eigenvalue weighted by atomic mass is 19.4. The molecule has 9 aromatic rings. The van der Waals surface area contributed by atoms with E-state index in [4.69, 9.17) is 33.2 Å². The predicted molar refractivity (Wildman–Crippen MR) is 286 cm³/mol. The van der Waals surface area contributed by atoms with Crippen molar-refractivity contribution in [2.45, 2.75) is 46.2 Å². The molecule has 3 aromatic carbocycles. The summed E-state index contributed by atoms with van der Waals surface area (Å²) in [6.07, 6.45) is 1.49. The molecule has 2 fully saturated rings. The lowest BCUT2D eigenvalue weighted by atomic mass is 10.0. The van der Waals surface area contributed by atoms with Crippen LogP contribution in [0.15, 0.2) is 79.3 Å². The summed E-state index contributed by atoms with van der Waals surface area (Å²) in [5.41, 5.74) is 5.60. The number of aromatic nitrogens is 9. The largest absolute Gasteiger partial charge is 0.494 e. The van der Waals surface area contributed by atoms with E-state index in [0.717, 1.165) is 81.1 Å². The van der Waals surface area contributed by atoms with Crippen molar-refractivity contribution in [3.63, 3.8) is 0 Å². The van der Waals surface area contributed by atoms with Crippen LogP contribution in [0.3, 0.4) is 0 Å². The number of hydrogen-bond donors (Lipinski definition) is 3. The molecule has 83 heavy (non-hydrogen) atoms. The highest BCUT2D eigenvalue weighted by Crippen LogP contribution is 2.35. The monoisotopic (exact) mass is 1160 g/mol. The van der Waals surface area contributed by atoms with Gasteiger partial charge in [-0.1, -0.05) is 0 Å². The van der Waals surface area contributed by atoms with Gasteiger partial charge in [-0.3, -0.25) is 0 Å². The highest BCUT2D eigenvalue weighted by molar-refractivity contribution is 5.70. The number of alkyl halides is 3. The Bertz CT molecular complexity index is 3720. The van der Waals surface area contributed by atoms with E-state index in [-0.39, 0.29) is 46.1 Å². The number of fused-ring (bicyclic) bond motifs is 3. The summed E-state index contributed by atoms with van der Waals surface area (Å²) in [4.78, 5) is 12.9. The number of halogens is 8. The molecule has 0 saturated carbocycles. The molecular weight excluding hydrogens is 1110 g/mol. The molecule has 0 radical (unpaired) electrons. The van der Waals surface area contributed by atoms with Gasteiger partial charge >= 0.3 is 6.18 Å². The summed E-state index contributed by atoms with van der Waals surface area (Å²) in [6.45, 7) is 9.60. The van der Waals surface area contributed by atoms with E-state index in [2.05, 4.69) is 50.9 Å². The molecular formula is C55H56F8N12O8. The maximum Gasteiger partial charge on any atom is 0.390 e. The van der Waals surface area contributed by atoms with Crippen LogP contribution in [0.25, 0.3) is 16.9 Å². The third-order valence-corrected chi connectivity index (χ3v) is 13.0. The van der Waals surface area contributed by atoms with Crippen LogP contribution in [0, 0.1) is 61.7 Å². The molecule has 0 unspecified atom stereocenters. The third-order valence-electron chi connectivity index (χ3n) is 13.0. The van der Waals surface area contributed by atoms with E-state index in [1.165, 1.54) is 68.4 Å². The average molecular weight is 1170 g/mol. The zero-order chi connectivity index (χ0) is 59.0. The first kappa shape index (κ1) is 58.7. The Morgan fingerprint density at radius 1 is 0.518 bits per heavy atom. The lowest BCUT2D eigenvalue weighted by molar-refractivity contribution is -0.131. The minimum absolute atomic E-state index is 0.122. The van der Waals surface area contributed by atoms with E-state index >= 15 is 0 Å². The number of hydrogen-bond acceptors (Lipinski definition) is 17. The first-order valence-electron chi connectivity index (χ1n) is 25.8. The Balaban J connectivity index is 0.000000150. The van der Waals surface area contributed by atoms with E-state index in [1.807, 2.05) is 13.8 Å². The van der Waals surface area contributed by atoms with Crippen LogP contribution < -0.4 is 44.4 Å². The first-order valence-corrected chi connectivity index (χ1v) is 25.8. The van der Waals surface area contributed by atoms with E-state index < -0.39 is 54.0 Å². The van der Waals surface area contributed by atoms with Gasteiger partial charge in [0.2, 0.25) is 40.9 Å². The van der Waals surface area contributed by atoms with Crippen LogP contribution in [0.2, 0.25) is 0 Å². The zero-order valence-electron chi connectivity index (χ0n) is 45.5. The second kappa shape index (κ2) is 25.9. The van der Waals surface area contributed by atoms with Gasteiger partial charge in [-0.2, -0.15) is 30.7 Å². The molecule has 20 nitrogen and oxygen atoms in total. The second-order valence-electron chi connectivity index (χ2n) is 19.0. The smallest absolute Gasteiger partial charge is 0.390 e. The number of benzene rings is 3. The molecule has 6 aromatic heterocycles. The predicted octanol–water partition coefficient (Wildman–Crippen LogP) is 11.5. The molecule has 0 bridgehead atoms. The van der Waals surface area contributed by atoms with Crippen LogP contribution in [-0.2, 0) is 9.47 Å². The molecule has 3 N–H and O–H groups in total. The van der Waals surface area contributed by atoms with Gasteiger partial charge in [0.25, 0.3) is 0 Å². The lowest BCUT2D eigenvalue weighted by Gasteiger charge is -2.26. The fourth-order valence-electron chi connectivity index (χ4n) is 8.47. The number of imidazole rings is 3. The Morgan fingerprint density at radius 2 is 0.928 bits per heavy atom. The Hall–Kier alpha value is -8.92. The molecule has 2 aliphatic heterocycles. The van der Waals surface area contributed by atoms with Crippen LogP contribution in [0.5, 0.6) is 52.1 Å². The van der Waals surface area contributed by atoms with Crippen LogP contribution in [-0.4, -0.2) is 117 Å².